The lowest BCUT2D eigenvalue weighted by molar-refractivity contribution is 0.270. The number of anilines is 2. The van der Waals surface area contributed by atoms with E-state index in [2.05, 4.69) is 48.1 Å². The zero-order chi connectivity index (χ0) is 20.5. The van der Waals surface area contributed by atoms with Gasteiger partial charge in [0.25, 0.3) is 0 Å². The first-order valence-corrected chi connectivity index (χ1v) is 10.6. The van der Waals surface area contributed by atoms with Crippen LogP contribution in [0.1, 0.15) is 13.3 Å². The largest absolute Gasteiger partial charge is 0.394 e. The number of aliphatic hydroxyl groups is 1. The first-order valence-electron chi connectivity index (χ1n) is 9.25. The molecular formula is C17H23N9OS2. The van der Waals surface area contributed by atoms with E-state index in [-0.39, 0.29) is 6.61 Å². The highest BCUT2D eigenvalue weighted by Crippen LogP contribution is 2.23. The van der Waals surface area contributed by atoms with Crippen LogP contribution in [0, 0.1) is 0 Å². The van der Waals surface area contributed by atoms with Gasteiger partial charge < -0.3 is 21.1 Å². The number of hydrogen-bond donors (Lipinski definition) is 4. The number of nitrogens with one attached hydrogen (secondary N) is 3. The van der Waals surface area contributed by atoms with Crippen molar-refractivity contribution in [3.05, 3.63) is 24.5 Å². The van der Waals surface area contributed by atoms with Crippen molar-refractivity contribution in [2.75, 3.05) is 36.1 Å². The van der Waals surface area contributed by atoms with E-state index in [1.54, 1.807) is 28.8 Å². The van der Waals surface area contributed by atoms with E-state index in [1.807, 2.05) is 12.1 Å². The molecule has 0 radical (unpaired) electrons. The summed E-state index contributed by atoms with van der Waals surface area (Å²) in [6, 6.07) is 3.73. The van der Waals surface area contributed by atoms with Gasteiger partial charge in [-0.05, 0) is 30.8 Å². The molecule has 0 amide bonds. The second-order valence-corrected chi connectivity index (χ2v) is 7.43. The maximum absolute atomic E-state index is 9.23. The Kier molecular flexibility index (Phi) is 7.90. The minimum atomic E-state index is -0.0338. The number of pyridine rings is 1. The Morgan fingerprint density at radius 1 is 1.31 bits per heavy atom. The summed E-state index contributed by atoms with van der Waals surface area (Å²) in [5.41, 5.74) is 2.01. The zero-order valence-corrected chi connectivity index (χ0v) is 17.6. The minimum absolute atomic E-state index is 0.0338. The molecule has 0 bridgehead atoms. The molecule has 0 unspecified atom stereocenters. The number of fused-ring (bicyclic) bond motifs is 1. The molecule has 3 rings (SSSR count). The zero-order valence-electron chi connectivity index (χ0n) is 16.0. The minimum Gasteiger partial charge on any atom is -0.394 e. The average molecular weight is 434 g/mol. The van der Waals surface area contributed by atoms with E-state index in [0.29, 0.717) is 46.9 Å². The number of thiocarbonyl (C=S) groups is 1. The van der Waals surface area contributed by atoms with Crippen LogP contribution in [0.2, 0.25) is 0 Å². The molecule has 0 aliphatic rings. The van der Waals surface area contributed by atoms with Crippen LogP contribution in [0.15, 0.2) is 29.7 Å². The van der Waals surface area contributed by atoms with Gasteiger partial charge in [0.15, 0.2) is 27.3 Å². The van der Waals surface area contributed by atoms with Gasteiger partial charge in [-0.25, -0.2) is 14.6 Å². The fourth-order valence-corrected chi connectivity index (χ4v) is 3.35. The van der Waals surface area contributed by atoms with Crippen molar-refractivity contribution in [1.29, 1.82) is 0 Å². The Morgan fingerprint density at radius 3 is 2.97 bits per heavy atom. The first-order chi connectivity index (χ1) is 14.2. The molecule has 0 saturated heterocycles. The highest BCUT2D eigenvalue weighted by Gasteiger charge is 2.14. The van der Waals surface area contributed by atoms with Crippen LogP contribution in [0.25, 0.3) is 11.2 Å². The standard InChI is InChI=1S/C17H23N9OS2/c1-2-10-29-17-22-14(13-15(23-17)26(8-9-27)25-24-13)19-6-7-20-16(28)21-12-4-3-5-18-11-12/h3-5,11,27H,2,6-10H2,1H3,(H,19,22,23)(H2,20,21,28). The summed E-state index contributed by atoms with van der Waals surface area (Å²) in [5.74, 6) is 1.54. The first kappa shape index (κ1) is 21.1. The van der Waals surface area contributed by atoms with Gasteiger partial charge in [0.1, 0.15) is 0 Å². The Morgan fingerprint density at radius 2 is 2.21 bits per heavy atom. The number of aromatic nitrogens is 6. The predicted molar refractivity (Wildman–Crippen MR) is 118 cm³/mol. The predicted octanol–water partition coefficient (Wildman–Crippen LogP) is 1.51. The number of hydrogen-bond acceptors (Lipinski definition) is 9. The Balaban J connectivity index is 1.61. The van der Waals surface area contributed by atoms with E-state index < -0.39 is 0 Å². The molecule has 3 aromatic heterocycles. The van der Waals surface area contributed by atoms with Crippen LogP contribution in [-0.4, -0.2) is 65.6 Å². The maximum atomic E-state index is 9.23. The van der Waals surface area contributed by atoms with E-state index in [4.69, 9.17) is 12.2 Å². The maximum Gasteiger partial charge on any atom is 0.191 e. The lowest BCUT2D eigenvalue weighted by atomic mass is 10.4. The summed E-state index contributed by atoms with van der Waals surface area (Å²) in [5, 5.41) is 28.1. The van der Waals surface area contributed by atoms with Gasteiger partial charge in [0.05, 0.1) is 25.0 Å². The SMILES string of the molecule is CCCSc1nc(NCCNC(=S)Nc2cccnc2)c2nnn(CCO)c2n1. The fourth-order valence-electron chi connectivity index (χ4n) is 2.43. The highest BCUT2D eigenvalue weighted by atomic mass is 32.2. The van der Waals surface area contributed by atoms with Gasteiger partial charge in [-0.1, -0.05) is 23.9 Å². The van der Waals surface area contributed by atoms with Gasteiger partial charge in [0, 0.05) is 25.0 Å². The summed E-state index contributed by atoms with van der Waals surface area (Å²) in [6.07, 6.45) is 4.43. The quantitative estimate of drug-likeness (QED) is 0.161. The topological polar surface area (TPSA) is 126 Å². The summed E-state index contributed by atoms with van der Waals surface area (Å²) in [6.45, 7) is 3.57. The van der Waals surface area contributed by atoms with Crippen molar-refractivity contribution in [3.8, 4) is 0 Å². The molecule has 0 saturated carbocycles. The van der Waals surface area contributed by atoms with Crippen molar-refractivity contribution in [1.82, 2.24) is 35.3 Å². The van der Waals surface area contributed by atoms with Crippen molar-refractivity contribution < 1.29 is 5.11 Å². The molecule has 10 nitrogen and oxygen atoms in total. The van der Waals surface area contributed by atoms with Crippen LogP contribution in [-0.2, 0) is 6.54 Å². The van der Waals surface area contributed by atoms with Gasteiger partial charge in [-0.2, -0.15) is 0 Å². The summed E-state index contributed by atoms with van der Waals surface area (Å²) >= 11 is 6.87. The Labute approximate surface area is 177 Å². The molecule has 0 aliphatic heterocycles. The molecule has 0 fully saturated rings. The summed E-state index contributed by atoms with van der Waals surface area (Å²) < 4.78 is 1.59. The summed E-state index contributed by atoms with van der Waals surface area (Å²) in [4.78, 5) is 13.2. The van der Waals surface area contributed by atoms with E-state index in [0.717, 1.165) is 17.9 Å². The highest BCUT2D eigenvalue weighted by molar-refractivity contribution is 7.99. The molecule has 0 atom stereocenters. The third kappa shape index (κ3) is 5.95. The van der Waals surface area contributed by atoms with Crippen LogP contribution < -0.4 is 16.0 Å². The van der Waals surface area contributed by atoms with Crippen molar-refractivity contribution in [3.63, 3.8) is 0 Å². The van der Waals surface area contributed by atoms with Crippen LogP contribution in [0.3, 0.4) is 0 Å². The van der Waals surface area contributed by atoms with Gasteiger partial charge in [-0.3, -0.25) is 4.98 Å². The van der Waals surface area contributed by atoms with E-state index >= 15 is 0 Å². The third-order valence-corrected chi connectivity index (χ3v) is 5.01. The second kappa shape index (κ2) is 10.8. The second-order valence-electron chi connectivity index (χ2n) is 5.96. The number of aliphatic hydroxyl groups excluding tert-OH is 1. The molecule has 12 heteroatoms. The molecule has 154 valence electrons. The van der Waals surface area contributed by atoms with E-state index in [1.165, 1.54) is 0 Å². The molecule has 0 aliphatic carbocycles. The van der Waals surface area contributed by atoms with Crippen LogP contribution >= 0.6 is 24.0 Å². The van der Waals surface area contributed by atoms with Gasteiger partial charge in [0.2, 0.25) is 0 Å². The van der Waals surface area contributed by atoms with Crippen molar-refractivity contribution >= 4 is 51.8 Å². The molecule has 3 aromatic rings. The Hall–Kier alpha value is -2.57. The Bertz CT molecular complexity index is 935. The molecule has 0 spiro atoms. The van der Waals surface area contributed by atoms with Gasteiger partial charge >= 0.3 is 0 Å². The molecule has 4 N–H and O–H groups in total. The van der Waals surface area contributed by atoms with E-state index in [9.17, 15) is 5.11 Å². The number of thioether (sulfide) groups is 1. The van der Waals surface area contributed by atoms with Crippen LogP contribution in [0.4, 0.5) is 11.5 Å². The summed E-state index contributed by atoms with van der Waals surface area (Å²) in [7, 11) is 0. The van der Waals surface area contributed by atoms with Crippen molar-refractivity contribution in [2.45, 2.75) is 25.0 Å². The molecule has 0 aromatic carbocycles. The van der Waals surface area contributed by atoms with Gasteiger partial charge in [-0.15, -0.1) is 5.10 Å². The normalized spacial score (nSPS) is 10.8. The van der Waals surface area contributed by atoms with Crippen molar-refractivity contribution in [2.24, 2.45) is 0 Å². The lowest BCUT2D eigenvalue weighted by Gasteiger charge is -2.11. The molecule has 29 heavy (non-hydrogen) atoms. The monoisotopic (exact) mass is 433 g/mol. The lowest BCUT2D eigenvalue weighted by Crippen LogP contribution is -2.32. The third-order valence-electron chi connectivity index (χ3n) is 3.71. The molecule has 3 heterocycles. The number of rotatable bonds is 10. The van der Waals surface area contributed by atoms with Crippen LogP contribution in [0.5, 0.6) is 0 Å². The molecular weight excluding hydrogens is 410 g/mol. The smallest absolute Gasteiger partial charge is 0.191 e. The number of nitrogens with zero attached hydrogens (tertiary/aromatic N) is 6. The fraction of sp³-hybridized carbons (Fsp3) is 0.412. The average Bonchev–Trinajstić information content (AvgIpc) is 3.13.